The third-order valence-corrected chi connectivity index (χ3v) is 3.25. The summed E-state index contributed by atoms with van der Waals surface area (Å²) in [6.07, 6.45) is 0. The molecule has 0 radical (unpaired) electrons. The van der Waals surface area contributed by atoms with Crippen molar-refractivity contribution in [2.45, 2.75) is 4.90 Å². The third-order valence-electron chi connectivity index (χ3n) is 1.71. The number of hydrogen-bond acceptors (Lipinski definition) is 4. The fraction of sp³-hybridized carbons (Fsp3) is 0.125. The van der Waals surface area contributed by atoms with Crippen LogP contribution >= 0.6 is 22.3 Å². The van der Waals surface area contributed by atoms with Gasteiger partial charge in [-0.3, -0.25) is 4.79 Å². The highest BCUT2D eigenvalue weighted by molar-refractivity contribution is 8.13. The Morgan fingerprint density at radius 1 is 1.44 bits per heavy atom. The van der Waals surface area contributed by atoms with Crippen LogP contribution in [-0.4, -0.2) is 20.8 Å². The lowest BCUT2D eigenvalue weighted by Gasteiger charge is -2.07. The molecule has 0 N–H and O–H groups in total. The van der Waals surface area contributed by atoms with Crippen molar-refractivity contribution in [2.24, 2.45) is 0 Å². The number of benzene rings is 1. The highest BCUT2D eigenvalue weighted by Gasteiger charge is 2.21. The number of methoxy groups -OCH3 is 1. The second-order valence-corrected chi connectivity index (χ2v) is 5.61. The van der Waals surface area contributed by atoms with Crippen LogP contribution in [0.25, 0.3) is 0 Å². The van der Waals surface area contributed by atoms with E-state index in [9.17, 15) is 17.6 Å². The Bertz CT molecular complexity index is 541. The first-order valence-electron chi connectivity index (χ1n) is 3.79. The molecule has 1 rings (SSSR count). The van der Waals surface area contributed by atoms with Crippen molar-refractivity contribution < 1.29 is 22.3 Å². The molecule has 0 spiro atoms. The molecule has 0 saturated carbocycles. The Kier molecular flexibility index (Phi) is 3.77. The summed E-state index contributed by atoms with van der Waals surface area (Å²) in [4.78, 5) is 10.4. The third kappa shape index (κ3) is 2.63. The van der Waals surface area contributed by atoms with Crippen molar-refractivity contribution in [3.05, 3.63) is 23.5 Å². The predicted molar refractivity (Wildman–Crippen MR) is 56.2 cm³/mol. The topological polar surface area (TPSA) is 60.4 Å². The summed E-state index contributed by atoms with van der Waals surface area (Å²) in [5.41, 5.74) is -0.400. The molecule has 0 atom stereocenters. The van der Waals surface area contributed by atoms with E-state index in [-0.39, 0.29) is 0 Å². The smallest absolute Gasteiger partial charge is 0.261 e. The molecule has 1 aromatic carbocycles. The highest BCUT2D eigenvalue weighted by Crippen LogP contribution is 2.29. The monoisotopic (exact) mass is 286 g/mol. The van der Waals surface area contributed by atoms with E-state index in [1.165, 1.54) is 0 Å². The second kappa shape index (κ2) is 4.57. The average molecular weight is 287 g/mol. The molecule has 16 heavy (non-hydrogen) atoms. The lowest BCUT2D eigenvalue weighted by Crippen LogP contribution is -2.02. The molecule has 0 heterocycles. The molecule has 88 valence electrons. The van der Waals surface area contributed by atoms with Crippen LogP contribution in [-0.2, 0) is 9.05 Å². The van der Waals surface area contributed by atoms with Crippen LogP contribution in [0.2, 0.25) is 0 Å². The van der Waals surface area contributed by atoms with Gasteiger partial charge in [0, 0.05) is 10.7 Å². The van der Waals surface area contributed by atoms with E-state index in [1.54, 1.807) is 0 Å². The van der Waals surface area contributed by atoms with Crippen molar-refractivity contribution in [3.63, 3.8) is 0 Å². The summed E-state index contributed by atoms with van der Waals surface area (Å²) >= 11 is 5.16. The Hall–Kier alpha value is -0.850. The maximum Gasteiger partial charge on any atom is 0.261 e. The van der Waals surface area contributed by atoms with Crippen LogP contribution in [0.3, 0.4) is 0 Å². The maximum atomic E-state index is 13.3. The zero-order valence-corrected chi connectivity index (χ0v) is 10.2. The zero-order chi connectivity index (χ0) is 12.5. The first-order valence-corrected chi connectivity index (χ1v) is 6.48. The molecule has 0 fully saturated rings. The predicted octanol–water partition coefficient (Wildman–Crippen LogP) is 2.14. The summed E-state index contributed by atoms with van der Waals surface area (Å²) in [5, 5.41) is -1.04. The van der Waals surface area contributed by atoms with Gasteiger partial charge in [0.15, 0.2) is 11.6 Å². The number of hydrogen-bond donors (Lipinski definition) is 0. The minimum Gasteiger partial charge on any atom is -0.493 e. The number of rotatable bonds is 3. The quantitative estimate of drug-likeness (QED) is 0.799. The first-order chi connectivity index (χ1) is 7.27. The van der Waals surface area contributed by atoms with Crippen molar-refractivity contribution in [3.8, 4) is 5.75 Å². The lowest BCUT2D eigenvalue weighted by molar-refractivity contribution is 0.107. The van der Waals surface area contributed by atoms with Gasteiger partial charge in [0.2, 0.25) is 0 Å². The molecule has 0 aliphatic rings. The summed E-state index contributed by atoms with van der Waals surface area (Å²) in [7, 11) is 1.99. The number of ether oxygens (including phenoxy) is 1. The Morgan fingerprint density at radius 2 is 2.00 bits per heavy atom. The van der Waals surface area contributed by atoms with Gasteiger partial charge in [-0.1, -0.05) is 0 Å². The van der Waals surface area contributed by atoms with Crippen LogP contribution in [0.15, 0.2) is 17.0 Å². The van der Waals surface area contributed by atoms with Gasteiger partial charge in [-0.25, -0.2) is 12.8 Å². The molecule has 8 heteroatoms. The molecular weight excluding hydrogens is 282 g/mol. The molecule has 0 aliphatic heterocycles. The van der Waals surface area contributed by atoms with Crippen LogP contribution < -0.4 is 4.74 Å². The molecule has 1 aromatic rings. The van der Waals surface area contributed by atoms with E-state index < -0.39 is 36.3 Å². The average Bonchev–Trinajstić information content (AvgIpc) is 2.14. The largest absolute Gasteiger partial charge is 0.493 e. The number of carbonyl (C=O) groups is 1. The minimum absolute atomic E-state index is 0.400. The van der Waals surface area contributed by atoms with Gasteiger partial charge in [0.05, 0.1) is 17.6 Å². The van der Waals surface area contributed by atoms with Crippen molar-refractivity contribution in [1.82, 2.24) is 0 Å². The lowest BCUT2D eigenvalue weighted by atomic mass is 10.2. The maximum absolute atomic E-state index is 13.3. The normalized spacial score (nSPS) is 11.2. The second-order valence-electron chi connectivity index (χ2n) is 2.70. The molecule has 0 amide bonds. The van der Waals surface area contributed by atoms with Gasteiger partial charge in [0.25, 0.3) is 14.3 Å². The summed E-state index contributed by atoms with van der Waals surface area (Å²) in [5.74, 6) is -1.46. The molecule has 4 nitrogen and oxygen atoms in total. The van der Waals surface area contributed by atoms with E-state index >= 15 is 0 Å². The molecule has 0 unspecified atom stereocenters. The summed E-state index contributed by atoms with van der Waals surface area (Å²) in [6, 6.07) is 1.49. The van der Waals surface area contributed by atoms with Gasteiger partial charge in [0.1, 0.15) is 0 Å². The van der Waals surface area contributed by atoms with Gasteiger partial charge >= 0.3 is 0 Å². The van der Waals surface area contributed by atoms with Gasteiger partial charge in [-0.05, 0) is 23.7 Å². The summed E-state index contributed by atoms with van der Waals surface area (Å²) < 4.78 is 39.9. The van der Waals surface area contributed by atoms with Crippen LogP contribution in [0.5, 0.6) is 5.75 Å². The van der Waals surface area contributed by atoms with E-state index in [0.717, 1.165) is 13.2 Å². The minimum atomic E-state index is -4.14. The SMILES string of the molecule is COc1c(F)cc(S(=O)(=O)Cl)cc1C(=O)Cl. The highest BCUT2D eigenvalue weighted by atomic mass is 35.7. The van der Waals surface area contributed by atoms with E-state index in [0.29, 0.717) is 6.07 Å². The Morgan fingerprint density at radius 3 is 2.38 bits per heavy atom. The van der Waals surface area contributed by atoms with Crippen LogP contribution in [0, 0.1) is 5.82 Å². The van der Waals surface area contributed by atoms with Gasteiger partial charge in [-0.15, -0.1) is 0 Å². The van der Waals surface area contributed by atoms with Crippen molar-refractivity contribution in [1.29, 1.82) is 0 Å². The summed E-state index contributed by atoms with van der Waals surface area (Å²) in [6.45, 7) is 0. The fourth-order valence-corrected chi connectivity index (χ4v) is 1.97. The van der Waals surface area contributed by atoms with E-state index in [1.807, 2.05) is 0 Å². The molecule has 0 aliphatic carbocycles. The molecular formula is C8H5Cl2FO4S. The molecule has 0 saturated heterocycles. The number of halogens is 3. The van der Waals surface area contributed by atoms with Crippen LogP contribution in [0.1, 0.15) is 10.4 Å². The fourth-order valence-electron chi connectivity index (χ4n) is 1.06. The van der Waals surface area contributed by atoms with E-state index in [2.05, 4.69) is 4.74 Å². The standard InChI is InChI=1S/C8H5Cl2FO4S/c1-15-7-5(8(9)12)2-4(3-6(7)11)16(10,13)14/h2-3H,1H3. The first kappa shape index (κ1) is 13.2. The van der Waals surface area contributed by atoms with Crippen molar-refractivity contribution >= 4 is 36.6 Å². The molecule has 0 bridgehead atoms. The van der Waals surface area contributed by atoms with Crippen molar-refractivity contribution in [2.75, 3.05) is 7.11 Å². The van der Waals surface area contributed by atoms with Gasteiger partial charge in [-0.2, -0.15) is 0 Å². The van der Waals surface area contributed by atoms with E-state index in [4.69, 9.17) is 22.3 Å². The van der Waals surface area contributed by atoms with Crippen LogP contribution in [0.4, 0.5) is 4.39 Å². The number of carbonyl (C=O) groups excluding carboxylic acids is 1. The Balaban J connectivity index is 3.59. The Labute approximate surface area is 100 Å². The van der Waals surface area contributed by atoms with Gasteiger partial charge < -0.3 is 4.74 Å². The molecule has 0 aromatic heterocycles. The zero-order valence-electron chi connectivity index (χ0n) is 7.83.